The Morgan fingerprint density at radius 1 is 1.03 bits per heavy atom. The molecule has 1 fully saturated rings. The Morgan fingerprint density at radius 3 is 2.59 bits per heavy atom. The standard InChI is InChI=1S/C27H28N2O3/c1-27(23-14-6-8-16-25(23)32-19-21-12-9-17-31-21)28-24-15-7-5-13-22(24)26(30)29(27)18-20-10-3-2-4-11-20/h2-8,10-11,13-16,21,28H,9,12,17-19H2,1H3. The molecule has 3 aromatic rings. The number of para-hydroxylation sites is 2. The van der Waals surface area contributed by atoms with Gasteiger partial charge in [-0.25, -0.2) is 0 Å². The van der Waals surface area contributed by atoms with E-state index in [0.29, 0.717) is 18.7 Å². The molecule has 2 aliphatic rings. The fourth-order valence-electron chi connectivity index (χ4n) is 4.62. The fourth-order valence-corrected chi connectivity index (χ4v) is 4.62. The Labute approximate surface area is 189 Å². The van der Waals surface area contributed by atoms with E-state index in [9.17, 15) is 4.79 Å². The first-order valence-electron chi connectivity index (χ1n) is 11.2. The third-order valence-corrected chi connectivity index (χ3v) is 6.36. The molecule has 0 saturated carbocycles. The maximum atomic E-state index is 13.7. The van der Waals surface area contributed by atoms with Gasteiger partial charge < -0.3 is 19.7 Å². The van der Waals surface area contributed by atoms with Gasteiger partial charge in [0.2, 0.25) is 0 Å². The van der Waals surface area contributed by atoms with Crippen molar-refractivity contribution in [3.05, 3.63) is 95.6 Å². The van der Waals surface area contributed by atoms with Crippen LogP contribution in [0.15, 0.2) is 78.9 Å². The van der Waals surface area contributed by atoms with Crippen LogP contribution < -0.4 is 10.1 Å². The second-order valence-corrected chi connectivity index (χ2v) is 8.56. The third kappa shape index (κ3) is 3.84. The van der Waals surface area contributed by atoms with E-state index in [0.717, 1.165) is 42.0 Å². The summed E-state index contributed by atoms with van der Waals surface area (Å²) < 4.78 is 12.0. The number of nitrogens with zero attached hydrogens (tertiary/aromatic N) is 1. The molecule has 2 atom stereocenters. The molecular weight excluding hydrogens is 400 g/mol. The zero-order valence-electron chi connectivity index (χ0n) is 18.3. The van der Waals surface area contributed by atoms with Gasteiger partial charge in [0.05, 0.1) is 11.7 Å². The van der Waals surface area contributed by atoms with E-state index in [1.165, 1.54) is 0 Å². The molecule has 164 valence electrons. The van der Waals surface area contributed by atoms with E-state index in [1.807, 2.05) is 83.8 Å². The number of hydrogen-bond acceptors (Lipinski definition) is 4. The van der Waals surface area contributed by atoms with E-state index in [-0.39, 0.29) is 12.0 Å². The molecule has 2 aliphatic heterocycles. The van der Waals surface area contributed by atoms with Crippen molar-refractivity contribution in [3.63, 3.8) is 0 Å². The number of carbonyl (C=O) groups is 1. The number of carbonyl (C=O) groups excluding carboxylic acids is 1. The Kier molecular flexibility index (Phi) is 5.58. The van der Waals surface area contributed by atoms with Crippen molar-refractivity contribution in [2.24, 2.45) is 0 Å². The van der Waals surface area contributed by atoms with Crippen LogP contribution in [0, 0.1) is 0 Å². The molecule has 1 saturated heterocycles. The Bertz CT molecular complexity index is 1090. The van der Waals surface area contributed by atoms with E-state index >= 15 is 0 Å². The summed E-state index contributed by atoms with van der Waals surface area (Å²) in [5.74, 6) is 0.767. The van der Waals surface area contributed by atoms with Crippen molar-refractivity contribution < 1.29 is 14.3 Å². The molecular formula is C27H28N2O3. The summed E-state index contributed by atoms with van der Waals surface area (Å²) in [6.45, 7) is 3.84. The molecule has 0 radical (unpaired) electrons. The van der Waals surface area contributed by atoms with Gasteiger partial charge in [0.25, 0.3) is 5.91 Å². The van der Waals surface area contributed by atoms with Crippen molar-refractivity contribution >= 4 is 11.6 Å². The predicted octanol–water partition coefficient (Wildman–Crippen LogP) is 5.19. The largest absolute Gasteiger partial charge is 0.490 e. The van der Waals surface area contributed by atoms with E-state index in [1.54, 1.807) is 0 Å². The monoisotopic (exact) mass is 428 g/mol. The lowest BCUT2D eigenvalue weighted by Crippen LogP contribution is -2.55. The van der Waals surface area contributed by atoms with Gasteiger partial charge in [0.15, 0.2) is 0 Å². The van der Waals surface area contributed by atoms with E-state index in [4.69, 9.17) is 9.47 Å². The Balaban J connectivity index is 1.54. The van der Waals surface area contributed by atoms with Crippen LogP contribution in [0.1, 0.15) is 41.3 Å². The summed E-state index contributed by atoms with van der Waals surface area (Å²) in [7, 11) is 0. The van der Waals surface area contributed by atoms with Crippen LogP contribution in [0.2, 0.25) is 0 Å². The van der Waals surface area contributed by atoms with Crippen molar-refractivity contribution in [2.75, 3.05) is 18.5 Å². The molecule has 0 aliphatic carbocycles. The van der Waals surface area contributed by atoms with Crippen molar-refractivity contribution in [3.8, 4) is 5.75 Å². The zero-order valence-corrected chi connectivity index (χ0v) is 18.3. The average molecular weight is 429 g/mol. The van der Waals surface area contributed by atoms with Crippen molar-refractivity contribution in [1.82, 2.24) is 4.90 Å². The maximum absolute atomic E-state index is 13.7. The highest BCUT2D eigenvalue weighted by Crippen LogP contribution is 2.42. The molecule has 3 aromatic carbocycles. The normalized spacial score (nSPS) is 22.3. The maximum Gasteiger partial charge on any atom is 0.258 e. The van der Waals surface area contributed by atoms with Crippen LogP contribution in [0.25, 0.3) is 0 Å². The number of nitrogens with one attached hydrogen (secondary N) is 1. The zero-order chi connectivity index (χ0) is 22.0. The first-order chi connectivity index (χ1) is 15.6. The molecule has 0 bridgehead atoms. The highest BCUT2D eigenvalue weighted by Gasteiger charge is 2.44. The molecule has 0 spiro atoms. The molecule has 32 heavy (non-hydrogen) atoms. The lowest BCUT2D eigenvalue weighted by molar-refractivity contribution is 0.0482. The van der Waals surface area contributed by atoms with Gasteiger partial charge in [0.1, 0.15) is 18.0 Å². The first-order valence-corrected chi connectivity index (χ1v) is 11.2. The SMILES string of the molecule is CC1(c2ccccc2OCC2CCCO2)Nc2ccccc2C(=O)N1Cc1ccccc1. The lowest BCUT2D eigenvalue weighted by atomic mass is 9.92. The lowest BCUT2D eigenvalue weighted by Gasteiger charge is -2.47. The van der Waals surface area contributed by atoms with Crippen LogP contribution in [-0.2, 0) is 16.9 Å². The van der Waals surface area contributed by atoms with Crippen molar-refractivity contribution in [1.29, 1.82) is 0 Å². The summed E-state index contributed by atoms with van der Waals surface area (Å²) in [5, 5.41) is 3.65. The number of rotatable bonds is 6. The minimum Gasteiger partial charge on any atom is -0.490 e. The van der Waals surface area contributed by atoms with Gasteiger partial charge >= 0.3 is 0 Å². The molecule has 2 heterocycles. The smallest absolute Gasteiger partial charge is 0.258 e. The summed E-state index contributed by atoms with van der Waals surface area (Å²) in [6, 6.07) is 25.8. The molecule has 5 heteroatoms. The van der Waals surface area contributed by atoms with Gasteiger partial charge in [0, 0.05) is 24.4 Å². The molecule has 0 aromatic heterocycles. The number of amides is 1. The fraction of sp³-hybridized carbons (Fsp3) is 0.296. The minimum atomic E-state index is -0.783. The number of ether oxygens (including phenoxy) is 2. The molecule has 2 unspecified atom stereocenters. The number of fused-ring (bicyclic) bond motifs is 1. The predicted molar refractivity (Wildman–Crippen MR) is 125 cm³/mol. The number of anilines is 1. The Morgan fingerprint density at radius 2 is 1.78 bits per heavy atom. The summed E-state index contributed by atoms with van der Waals surface area (Å²) in [4.78, 5) is 15.6. The van der Waals surface area contributed by atoms with Gasteiger partial charge in [-0.1, -0.05) is 60.7 Å². The van der Waals surface area contributed by atoms with Crippen LogP contribution in [0.3, 0.4) is 0 Å². The number of benzene rings is 3. The highest BCUT2D eigenvalue weighted by atomic mass is 16.5. The van der Waals surface area contributed by atoms with Crippen LogP contribution in [0.4, 0.5) is 5.69 Å². The van der Waals surface area contributed by atoms with Gasteiger partial charge in [-0.2, -0.15) is 0 Å². The molecule has 5 rings (SSSR count). The summed E-state index contributed by atoms with van der Waals surface area (Å²) in [6.07, 6.45) is 2.22. The second-order valence-electron chi connectivity index (χ2n) is 8.56. The third-order valence-electron chi connectivity index (χ3n) is 6.36. The summed E-state index contributed by atoms with van der Waals surface area (Å²) >= 11 is 0. The number of hydrogen-bond donors (Lipinski definition) is 1. The quantitative estimate of drug-likeness (QED) is 0.587. The topological polar surface area (TPSA) is 50.8 Å². The van der Waals surface area contributed by atoms with Crippen LogP contribution in [0.5, 0.6) is 5.75 Å². The van der Waals surface area contributed by atoms with E-state index in [2.05, 4.69) is 12.2 Å². The van der Waals surface area contributed by atoms with E-state index < -0.39 is 5.66 Å². The second kappa shape index (κ2) is 8.67. The highest BCUT2D eigenvalue weighted by molar-refractivity contribution is 6.02. The first kappa shape index (κ1) is 20.6. The van der Waals surface area contributed by atoms with Crippen molar-refractivity contribution in [2.45, 2.75) is 38.1 Å². The average Bonchev–Trinajstić information content (AvgIpc) is 3.35. The minimum absolute atomic E-state index is 0.000340. The van der Waals surface area contributed by atoms with Gasteiger partial charge in [-0.15, -0.1) is 0 Å². The van der Waals surface area contributed by atoms with Crippen LogP contribution >= 0.6 is 0 Å². The molecule has 5 nitrogen and oxygen atoms in total. The Hall–Kier alpha value is -3.31. The van der Waals surface area contributed by atoms with Gasteiger partial charge in [-0.05, 0) is 43.5 Å². The summed E-state index contributed by atoms with van der Waals surface area (Å²) in [5.41, 5.74) is 2.73. The van der Waals surface area contributed by atoms with Gasteiger partial charge in [-0.3, -0.25) is 4.79 Å². The molecule has 1 amide bonds. The molecule has 1 N–H and O–H groups in total. The van der Waals surface area contributed by atoms with Crippen LogP contribution in [-0.4, -0.2) is 30.1 Å².